The molecular weight excluding hydrogens is 262 g/mol. The van der Waals surface area contributed by atoms with Crippen molar-refractivity contribution in [2.45, 2.75) is 12.5 Å². The lowest BCUT2D eigenvalue weighted by Gasteiger charge is -2.16. The zero-order valence-electron chi connectivity index (χ0n) is 12.3. The van der Waals surface area contributed by atoms with Crippen LogP contribution in [0.3, 0.4) is 0 Å². The fourth-order valence-electron chi connectivity index (χ4n) is 2.21. The molecule has 3 heteroatoms. The topological polar surface area (TPSA) is 38.3 Å². The molecule has 0 bridgehead atoms. The van der Waals surface area contributed by atoms with E-state index in [0.29, 0.717) is 19.5 Å². The van der Waals surface area contributed by atoms with Gasteiger partial charge < -0.3 is 10.1 Å². The lowest BCUT2D eigenvalue weighted by molar-refractivity contribution is 0.0954. The lowest BCUT2D eigenvalue weighted by atomic mass is 10.1. The van der Waals surface area contributed by atoms with Crippen LogP contribution in [0.15, 0.2) is 60.7 Å². The van der Waals surface area contributed by atoms with Crippen LogP contribution in [0.1, 0.15) is 28.4 Å². The SMILES string of the molecule is COC(CNCCC(=O)c1ccccc1)c1ccccc1. The minimum atomic E-state index is 0.0121. The van der Waals surface area contributed by atoms with E-state index in [-0.39, 0.29) is 11.9 Å². The van der Waals surface area contributed by atoms with Gasteiger partial charge >= 0.3 is 0 Å². The second-order valence-corrected chi connectivity index (χ2v) is 4.88. The second-order valence-electron chi connectivity index (χ2n) is 4.88. The molecule has 0 heterocycles. The molecule has 0 aliphatic carbocycles. The molecule has 3 nitrogen and oxygen atoms in total. The summed E-state index contributed by atoms with van der Waals surface area (Å²) in [5.74, 6) is 0.164. The maximum atomic E-state index is 12.0. The Bertz CT molecular complexity index is 540. The van der Waals surface area contributed by atoms with Crippen molar-refractivity contribution in [2.24, 2.45) is 0 Å². The highest BCUT2D eigenvalue weighted by Gasteiger charge is 2.10. The molecule has 1 N–H and O–H groups in total. The van der Waals surface area contributed by atoms with E-state index in [0.717, 1.165) is 11.1 Å². The Kier molecular flexibility index (Phi) is 6.13. The van der Waals surface area contributed by atoms with Crippen molar-refractivity contribution in [1.29, 1.82) is 0 Å². The van der Waals surface area contributed by atoms with Crippen LogP contribution < -0.4 is 5.32 Å². The lowest BCUT2D eigenvalue weighted by Crippen LogP contribution is -2.25. The van der Waals surface area contributed by atoms with Crippen molar-refractivity contribution in [3.05, 3.63) is 71.8 Å². The molecule has 0 radical (unpaired) electrons. The van der Waals surface area contributed by atoms with E-state index in [1.54, 1.807) is 7.11 Å². The van der Waals surface area contributed by atoms with Crippen molar-refractivity contribution in [3.63, 3.8) is 0 Å². The van der Waals surface area contributed by atoms with Gasteiger partial charge in [-0.25, -0.2) is 0 Å². The van der Waals surface area contributed by atoms with E-state index in [1.807, 2.05) is 60.7 Å². The van der Waals surface area contributed by atoms with Gasteiger partial charge in [-0.15, -0.1) is 0 Å². The molecule has 1 atom stereocenters. The van der Waals surface area contributed by atoms with Crippen molar-refractivity contribution < 1.29 is 9.53 Å². The van der Waals surface area contributed by atoms with Crippen molar-refractivity contribution >= 4 is 5.78 Å². The highest BCUT2D eigenvalue weighted by atomic mass is 16.5. The van der Waals surface area contributed by atoms with Gasteiger partial charge in [-0.3, -0.25) is 4.79 Å². The number of carbonyl (C=O) groups excluding carboxylic acids is 1. The second kappa shape index (κ2) is 8.35. The minimum Gasteiger partial charge on any atom is -0.375 e. The number of ether oxygens (including phenoxy) is 1. The van der Waals surface area contributed by atoms with E-state index in [2.05, 4.69) is 5.32 Å². The molecule has 0 spiro atoms. The number of ketones is 1. The molecule has 0 saturated heterocycles. The number of hydrogen-bond donors (Lipinski definition) is 1. The van der Waals surface area contributed by atoms with Gasteiger partial charge in [0.1, 0.15) is 0 Å². The number of carbonyl (C=O) groups is 1. The van der Waals surface area contributed by atoms with E-state index in [9.17, 15) is 4.79 Å². The summed E-state index contributed by atoms with van der Waals surface area (Å²) in [5, 5.41) is 3.29. The van der Waals surface area contributed by atoms with Gasteiger partial charge in [0.15, 0.2) is 5.78 Å². The van der Waals surface area contributed by atoms with Gasteiger partial charge in [0, 0.05) is 32.2 Å². The first-order valence-corrected chi connectivity index (χ1v) is 7.18. The van der Waals surface area contributed by atoms with Crippen molar-refractivity contribution in [3.8, 4) is 0 Å². The maximum Gasteiger partial charge on any atom is 0.164 e. The van der Waals surface area contributed by atoms with Gasteiger partial charge in [0.05, 0.1) is 6.10 Å². The fourth-order valence-corrected chi connectivity index (χ4v) is 2.21. The van der Waals surface area contributed by atoms with E-state index in [4.69, 9.17) is 4.74 Å². The molecular formula is C18H21NO2. The van der Waals surface area contributed by atoms with Crippen LogP contribution in [-0.4, -0.2) is 26.0 Å². The first kappa shape index (κ1) is 15.4. The molecule has 0 saturated carbocycles. The molecule has 110 valence electrons. The quantitative estimate of drug-likeness (QED) is 0.597. The summed E-state index contributed by atoms with van der Waals surface area (Å²) in [6, 6.07) is 19.5. The Balaban J connectivity index is 1.75. The Morgan fingerprint density at radius 1 is 1.05 bits per heavy atom. The Morgan fingerprint density at radius 3 is 2.29 bits per heavy atom. The average molecular weight is 283 g/mol. The predicted octanol–water partition coefficient (Wildman–Crippen LogP) is 3.24. The summed E-state index contributed by atoms with van der Waals surface area (Å²) in [7, 11) is 1.70. The van der Waals surface area contributed by atoms with Gasteiger partial charge in [-0.2, -0.15) is 0 Å². The van der Waals surface area contributed by atoms with Crippen LogP contribution >= 0.6 is 0 Å². The summed E-state index contributed by atoms with van der Waals surface area (Å²) in [5.41, 5.74) is 1.91. The summed E-state index contributed by atoms with van der Waals surface area (Å²) in [6.45, 7) is 1.35. The molecule has 21 heavy (non-hydrogen) atoms. The number of rotatable bonds is 8. The molecule has 2 rings (SSSR count). The number of benzene rings is 2. The zero-order chi connectivity index (χ0) is 14.9. The molecule has 1 unspecified atom stereocenters. The van der Waals surface area contributed by atoms with Crippen LogP contribution in [0.25, 0.3) is 0 Å². The van der Waals surface area contributed by atoms with Crippen molar-refractivity contribution in [2.75, 3.05) is 20.2 Å². The monoisotopic (exact) mass is 283 g/mol. The Labute approximate surface area is 126 Å². The number of Topliss-reactive ketones (excluding diaryl/α,β-unsaturated/α-hetero) is 1. The average Bonchev–Trinajstić information content (AvgIpc) is 2.56. The fraction of sp³-hybridized carbons (Fsp3) is 0.278. The van der Waals surface area contributed by atoms with Crippen LogP contribution in [0, 0.1) is 0 Å². The third-order valence-corrected chi connectivity index (χ3v) is 3.41. The Morgan fingerprint density at radius 2 is 1.67 bits per heavy atom. The first-order chi connectivity index (χ1) is 10.3. The number of nitrogens with one attached hydrogen (secondary N) is 1. The zero-order valence-corrected chi connectivity index (χ0v) is 12.3. The van der Waals surface area contributed by atoms with Gasteiger partial charge in [-0.1, -0.05) is 60.7 Å². The predicted molar refractivity (Wildman–Crippen MR) is 84.5 cm³/mol. The number of hydrogen-bond acceptors (Lipinski definition) is 3. The Hall–Kier alpha value is -1.97. The molecule has 0 fully saturated rings. The summed E-state index contributed by atoms with van der Waals surface area (Å²) < 4.78 is 5.48. The number of methoxy groups -OCH3 is 1. The highest BCUT2D eigenvalue weighted by Crippen LogP contribution is 2.14. The smallest absolute Gasteiger partial charge is 0.164 e. The van der Waals surface area contributed by atoms with E-state index in [1.165, 1.54) is 0 Å². The van der Waals surface area contributed by atoms with Crippen LogP contribution in [-0.2, 0) is 4.74 Å². The molecule has 0 amide bonds. The van der Waals surface area contributed by atoms with Crippen molar-refractivity contribution in [1.82, 2.24) is 5.32 Å². The largest absolute Gasteiger partial charge is 0.375 e. The van der Waals surface area contributed by atoms with E-state index >= 15 is 0 Å². The van der Waals surface area contributed by atoms with Gasteiger partial charge in [0.25, 0.3) is 0 Å². The highest BCUT2D eigenvalue weighted by molar-refractivity contribution is 5.96. The van der Waals surface area contributed by atoms with Crippen LogP contribution in [0.2, 0.25) is 0 Å². The summed E-state index contributed by atoms with van der Waals surface area (Å²) in [4.78, 5) is 12.0. The molecule has 0 aromatic heterocycles. The first-order valence-electron chi connectivity index (χ1n) is 7.18. The molecule has 0 aliphatic heterocycles. The van der Waals surface area contributed by atoms with E-state index < -0.39 is 0 Å². The third kappa shape index (κ3) is 4.81. The normalized spacial score (nSPS) is 12.0. The molecule has 2 aromatic rings. The third-order valence-electron chi connectivity index (χ3n) is 3.41. The van der Waals surface area contributed by atoms with Crippen LogP contribution in [0.4, 0.5) is 0 Å². The van der Waals surface area contributed by atoms with Crippen LogP contribution in [0.5, 0.6) is 0 Å². The minimum absolute atomic E-state index is 0.0121. The van der Waals surface area contributed by atoms with Gasteiger partial charge in [-0.05, 0) is 5.56 Å². The molecule has 2 aromatic carbocycles. The standard InChI is InChI=1S/C18H21NO2/c1-21-18(16-10-6-3-7-11-16)14-19-13-12-17(20)15-8-4-2-5-9-15/h2-11,18-19H,12-14H2,1H3. The summed E-state index contributed by atoms with van der Waals surface area (Å²) >= 11 is 0. The molecule has 0 aliphatic rings. The maximum absolute atomic E-state index is 12.0. The summed E-state index contributed by atoms with van der Waals surface area (Å²) in [6.07, 6.45) is 0.507. The van der Waals surface area contributed by atoms with Gasteiger partial charge in [0.2, 0.25) is 0 Å².